The van der Waals surface area contributed by atoms with E-state index in [4.69, 9.17) is 37.9 Å². The number of aliphatic carboxylic acids is 1. The van der Waals surface area contributed by atoms with Gasteiger partial charge >= 0.3 is 12.1 Å². The highest BCUT2D eigenvalue weighted by atomic mass is 16.8. The Balaban J connectivity index is 1.23. The summed E-state index contributed by atoms with van der Waals surface area (Å²) in [7, 11) is 1.29. The second-order valence-corrected chi connectivity index (χ2v) is 11.1. The molecule has 0 bridgehead atoms. The first-order valence-corrected chi connectivity index (χ1v) is 14.8. The number of nitrogens with one attached hydrogen (secondary N) is 1. The molecule has 3 heterocycles. The molecule has 0 aromatic heterocycles. The van der Waals surface area contributed by atoms with Crippen LogP contribution in [0.5, 0.6) is 0 Å². The van der Waals surface area contributed by atoms with Crippen LogP contribution in [0.4, 0.5) is 4.79 Å². The van der Waals surface area contributed by atoms with Crippen LogP contribution in [0.25, 0.3) is 0 Å². The van der Waals surface area contributed by atoms with E-state index in [9.17, 15) is 35.1 Å². The zero-order chi connectivity index (χ0) is 32.6. The standard InChI is InChI=1S/C29H43NO15/c1-29(27(35)36)41-15-18-22(45-29)24(38-2)21(34)26(43-18)44-23-19(32)17(13-31)42-25(20(23)33)39-12-8-4-7-11-30-28(37)40-14-16-9-5-3-6-10-16/h3,5-6,9-10,17-26,31-34H,4,7-8,11-15H2,1-2H3,(H,30,37)(H,35,36)/t17-,18-,19-,20-,21-,22-,23+,24-,25-,26+,29+/m1/s1. The Morgan fingerprint density at radius 3 is 2.42 bits per heavy atom. The molecule has 45 heavy (non-hydrogen) atoms. The number of rotatable bonds is 14. The molecule has 16 heteroatoms. The van der Waals surface area contributed by atoms with Crippen molar-refractivity contribution in [1.29, 1.82) is 0 Å². The summed E-state index contributed by atoms with van der Waals surface area (Å²) in [4.78, 5) is 23.5. The van der Waals surface area contributed by atoms with Gasteiger partial charge in [-0.25, -0.2) is 9.59 Å². The van der Waals surface area contributed by atoms with E-state index >= 15 is 0 Å². The number of carboxylic acid groups (broad SMARTS) is 1. The summed E-state index contributed by atoms with van der Waals surface area (Å²) < 4.78 is 44.4. The summed E-state index contributed by atoms with van der Waals surface area (Å²) in [6, 6.07) is 9.32. The fourth-order valence-corrected chi connectivity index (χ4v) is 5.28. The van der Waals surface area contributed by atoms with Gasteiger partial charge in [0.25, 0.3) is 5.79 Å². The maximum absolute atomic E-state index is 11.9. The lowest BCUT2D eigenvalue weighted by Crippen LogP contribution is -2.68. The Labute approximate surface area is 260 Å². The van der Waals surface area contributed by atoms with E-state index in [1.165, 1.54) is 14.0 Å². The summed E-state index contributed by atoms with van der Waals surface area (Å²) >= 11 is 0. The molecule has 3 aliphatic rings. The summed E-state index contributed by atoms with van der Waals surface area (Å²) in [5.74, 6) is -3.35. The molecule has 1 amide bonds. The Hall–Kier alpha value is -2.48. The highest BCUT2D eigenvalue weighted by molar-refractivity contribution is 5.75. The molecule has 0 saturated carbocycles. The van der Waals surface area contributed by atoms with E-state index in [1.807, 2.05) is 30.3 Å². The number of carbonyl (C=O) groups excluding carboxylic acids is 1. The number of amides is 1. The van der Waals surface area contributed by atoms with Gasteiger partial charge in [0.2, 0.25) is 0 Å². The molecule has 0 spiro atoms. The van der Waals surface area contributed by atoms with E-state index in [0.717, 1.165) is 5.56 Å². The van der Waals surface area contributed by atoms with Gasteiger partial charge in [0.1, 0.15) is 55.4 Å². The van der Waals surface area contributed by atoms with Gasteiger partial charge in [0.05, 0.1) is 13.2 Å². The van der Waals surface area contributed by atoms with Gasteiger partial charge in [-0.15, -0.1) is 0 Å². The topological polar surface area (TPSA) is 221 Å². The van der Waals surface area contributed by atoms with Gasteiger partial charge in [-0.3, -0.25) is 0 Å². The zero-order valence-corrected chi connectivity index (χ0v) is 25.1. The fraction of sp³-hybridized carbons (Fsp3) is 0.724. The molecule has 3 saturated heterocycles. The van der Waals surface area contributed by atoms with Crippen molar-refractivity contribution >= 4 is 12.1 Å². The minimum atomic E-state index is -1.98. The zero-order valence-electron chi connectivity index (χ0n) is 25.1. The quantitative estimate of drug-likeness (QED) is 0.137. The van der Waals surface area contributed by atoms with Crippen LogP contribution in [0.3, 0.4) is 0 Å². The van der Waals surface area contributed by atoms with E-state index in [-0.39, 0.29) is 19.8 Å². The highest BCUT2D eigenvalue weighted by Crippen LogP contribution is 2.36. The molecule has 254 valence electrons. The first-order chi connectivity index (χ1) is 21.6. The van der Waals surface area contributed by atoms with Crippen molar-refractivity contribution in [2.75, 3.05) is 33.5 Å². The molecular weight excluding hydrogens is 602 g/mol. The van der Waals surface area contributed by atoms with Gasteiger partial charge in [-0.1, -0.05) is 30.3 Å². The molecule has 0 radical (unpaired) electrons. The number of ether oxygens (including phenoxy) is 8. The molecule has 3 fully saturated rings. The van der Waals surface area contributed by atoms with Crippen LogP contribution in [-0.2, 0) is 49.3 Å². The molecule has 3 aliphatic heterocycles. The first kappa shape index (κ1) is 35.4. The second kappa shape index (κ2) is 16.4. The maximum atomic E-state index is 11.9. The molecule has 6 N–H and O–H groups in total. The molecule has 11 atom stereocenters. The number of aliphatic hydroxyl groups excluding tert-OH is 4. The van der Waals surface area contributed by atoms with Crippen molar-refractivity contribution in [2.45, 2.75) is 100.0 Å². The highest BCUT2D eigenvalue weighted by Gasteiger charge is 2.56. The average molecular weight is 646 g/mol. The van der Waals surface area contributed by atoms with Crippen LogP contribution >= 0.6 is 0 Å². The monoisotopic (exact) mass is 645 g/mol. The smallest absolute Gasteiger partial charge is 0.407 e. The number of aliphatic hydroxyl groups is 4. The van der Waals surface area contributed by atoms with Crippen molar-refractivity contribution in [2.24, 2.45) is 0 Å². The Morgan fingerprint density at radius 1 is 1.00 bits per heavy atom. The number of fused-ring (bicyclic) bond motifs is 1. The maximum Gasteiger partial charge on any atom is 0.407 e. The SMILES string of the molecule is CO[C@@H]1[C@@H](O)[C@H](O[C@@H]2[C@@H](O)[C@H](OCCCCCNC(=O)OCc3ccccc3)O[C@H](CO)[C@H]2O)O[C@@H]2CO[C@](C)(C(=O)O)O[C@@H]12. The first-order valence-electron chi connectivity index (χ1n) is 14.8. The van der Waals surface area contributed by atoms with Crippen LogP contribution in [-0.4, -0.2) is 138 Å². The van der Waals surface area contributed by atoms with E-state index in [0.29, 0.717) is 25.8 Å². The van der Waals surface area contributed by atoms with Crippen molar-refractivity contribution in [3.05, 3.63) is 35.9 Å². The molecule has 4 rings (SSSR count). The second-order valence-electron chi connectivity index (χ2n) is 11.1. The Bertz CT molecular complexity index is 1080. The Kier molecular flexibility index (Phi) is 12.9. The summed E-state index contributed by atoms with van der Waals surface area (Å²) in [6.07, 6.45) is -11.7. The van der Waals surface area contributed by atoms with Gasteiger partial charge in [0, 0.05) is 27.2 Å². The summed E-state index contributed by atoms with van der Waals surface area (Å²) in [5, 5.41) is 54.7. The number of carbonyl (C=O) groups is 2. The number of hydrogen-bond acceptors (Lipinski definition) is 14. The number of benzene rings is 1. The lowest BCUT2D eigenvalue weighted by molar-refractivity contribution is -0.398. The lowest BCUT2D eigenvalue weighted by atomic mass is 9.95. The molecule has 0 aliphatic carbocycles. The van der Waals surface area contributed by atoms with E-state index in [1.54, 1.807) is 0 Å². The van der Waals surface area contributed by atoms with Crippen LogP contribution in [0.2, 0.25) is 0 Å². The van der Waals surface area contributed by atoms with Gasteiger partial charge in [-0.2, -0.15) is 0 Å². The summed E-state index contributed by atoms with van der Waals surface area (Å²) in [6.45, 7) is 1.09. The molecule has 1 aromatic carbocycles. The van der Waals surface area contributed by atoms with Crippen molar-refractivity contribution < 1.29 is 73.0 Å². The third kappa shape index (κ3) is 8.87. The van der Waals surface area contributed by atoms with Gasteiger partial charge < -0.3 is 68.7 Å². The molecular formula is C29H43NO15. The number of methoxy groups -OCH3 is 1. The van der Waals surface area contributed by atoms with Crippen molar-refractivity contribution in [3.8, 4) is 0 Å². The number of hydrogen-bond donors (Lipinski definition) is 6. The number of carboxylic acids is 1. The largest absolute Gasteiger partial charge is 0.477 e. The van der Waals surface area contributed by atoms with Crippen LogP contribution < -0.4 is 5.32 Å². The Morgan fingerprint density at radius 2 is 1.73 bits per heavy atom. The molecule has 0 unspecified atom stereocenters. The fourth-order valence-electron chi connectivity index (χ4n) is 5.28. The van der Waals surface area contributed by atoms with Gasteiger partial charge in [-0.05, 0) is 24.8 Å². The normalized spacial score (nSPS) is 36.6. The van der Waals surface area contributed by atoms with Gasteiger partial charge in [0.15, 0.2) is 12.6 Å². The van der Waals surface area contributed by atoms with E-state index in [2.05, 4.69) is 5.32 Å². The average Bonchev–Trinajstić information content (AvgIpc) is 3.03. The third-order valence-corrected chi connectivity index (χ3v) is 7.86. The molecule has 16 nitrogen and oxygen atoms in total. The van der Waals surface area contributed by atoms with Crippen molar-refractivity contribution in [3.63, 3.8) is 0 Å². The van der Waals surface area contributed by atoms with Crippen LogP contribution in [0.1, 0.15) is 31.7 Å². The number of alkyl carbamates (subject to hydrolysis) is 1. The van der Waals surface area contributed by atoms with Crippen LogP contribution in [0, 0.1) is 0 Å². The van der Waals surface area contributed by atoms with Crippen molar-refractivity contribution in [1.82, 2.24) is 5.32 Å². The molecule has 1 aromatic rings. The minimum Gasteiger partial charge on any atom is -0.477 e. The predicted molar refractivity (Wildman–Crippen MR) is 149 cm³/mol. The predicted octanol–water partition coefficient (Wildman–Crippen LogP) is -0.759. The number of unbranched alkanes of at least 4 members (excludes halogenated alkanes) is 2. The lowest BCUT2D eigenvalue weighted by Gasteiger charge is -2.50. The minimum absolute atomic E-state index is 0.149. The summed E-state index contributed by atoms with van der Waals surface area (Å²) in [5.41, 5.74) is 0.884. The van der Waals surface area contributed by atoms with Crippen LogP contribution in [0.15, 0.2) is 30.3 Å². The van der Waals surface area contributed by atoms with E-state index < -0.39 is 85.9 Å². The third-order valence-electron chi connectivity index (χ3n) is 7.86.